The number of benzene rings is 1. The zero-order valence-electron chi connectivity index (χ0n) is 14.9. The number of hydrogen-bond donors (Lipinski definition) is 2. The largest absolute Gasteiger partial charge is 0.461 e. The molecule has 27 heavy (non-hydrogen) atoms. The molecule has 3 N–H and O–H groups in total. The van der Waals surface area contributed by atoms with Crippen LogP contribution in [0.5, 0.6) is 0 Å². The number of nitrogens with one attached hydrogen (secondary N) is 1. The highest BCUT2D eigenvalue weighted by Gasteiger charge is 2.21. The van der Waals surface area contributed by atoms with Crippen LogP contribution in [-0.4, -0.2) is 66.7 Å². The summed E-state index contributed by atoms with van der Waals surface area (Å²) in [5.74, 6) is -0.289. The van der Waals surface area contributed by atoms with E-state index in [2.05, 4.69) is 10.2 Å². The van der Waals surface area contributed by atoms with Crippen molar-refractivity contribution < 1.29 is 18.8 Å². The molecule has 1 aliphatic rings. The molecule has 2 amide bonds. The van der Waals surface area contributed by atoms with Crippen LogP contribution < -0.4 is 11.1 Å². The minimum atomic E-state index is -0.503. The molecule has 8 heteroatoms. The van der Waals surface area contributed by atoms with E-state index in [9.17, 15) is 14.4 Å². The van der Waals surface area contributed by atoms with Gasteiger partial charge in [0.05, 0.1) is 19.4 Å². The smallest absolute Gasteiger partial charge is 0.248 e. The number of furan rings is 1. The lowest BCUT2D eigenvalue weighted by atomic mass is 10.2. The number of rotatable bonds is 7. The van der Waals surface area contributed by atoms with E-state index >= 15 is 0 Å². The summed E-state index contributed by atoms with van der Waals surface area (Å²) in [5, 5.41) is 2.80. The lowest BCUT2D eigenvalue weighted by Gasteiger charge is -2.33. The summed E-state index contributed by atoms with van der Waals surface area (Å²) in [6.45, 7) is 3.44. The van der Waals surface area contributed by atoms with Crippen LogP contribution in [0, 0.1) is 0 Å². The van der Waals surface area contributed by atoms with Crippen LogP contribution in [0.2, 0.25) is 0 Å². The first-order valence-electron chi connectivity index (χ1n) is 8.72. The second-order valence-corrected chi connectivity index (χ2v) is 6.44. The highest BCUT2D eigenvalue weighted by atomic mass is 16.3. The Morgan fingerprint density at radius 3 is 2.15 bits per heavy atom. The number of piperazine rings is 1. The van der Waals surface area contributed by atoms with Crippen molar-refractivity contribution in [1.29, 1.82) is 0 Å². The summed E-state index contributed by atoms with van der Waals surface area (Å²) >= 11 is 0. The number of nitrogens with zero attached hydrogens (tertiary/aromatic N) is 2. The molecule has 1 saturated heterocycles. The van der Waals surface area contributed by atoms with Crippen LogP contribution in [0.15, 0.2) is 47.1 Å². The Balaban J connectivity index is 1.41. The summed E-state index contributed by atoms with van der Waals surface area (Å²) < 4.78 is 5.12. The van der Waals surface area contributed by atoms with Crippen LogP contribution in [0.25, 0.3) is 0 Å². The van der Waals surface area contributed by atoms with Gasteiger partial charge in [-0.3, -0.25) is 24.2 Å². The monoisotopic (exact) mass is 370 g/mol. The van der Waals surface area contributed by atoms with Gasteiger partial charge >= 0.3 is 0 Å². The average Bonchev–Trinajstić information content (AvgIpc) is 3.18. The van der Waals surface area contributed by atoms with Crippen LogP contribution in [0.1, 0.15) is 20.9 Å². The topological polar surface area (TPSA) is 109 Å². The molecule has 0 radical (unpaired) electrons. The van der Waals surface area contributed by atoms with Crippen molar-refractivity contribution in [2.24, 2.45) is 5.73 Å². The van der Waals surface area contributed by atoms with Crippen molar-refractivity contribution >= 4 is 23.3 Å². The average molecular weight is 370 g/mol. The molecule has 142 valence electrons. The van der Waals surface area contributed by atoms with E-state index in [1.807, 2.05) is 4.90 Å². The first-order valence-corrected chi connectivity index (χ1v) is 8.72. The summed E-state index contributed by atoms with van der Waals surface area (Å²) in [6, 6.07) is 9.82. The van der Waals surface area contributed by atoms with E-state index in [-0.39, 0.29) is 18.2 Å². The number of anilines is 1. The standard InChI is InChI=1S/C19H22N4O4/c20-19(26)14-3-5-15(6-4-14)21-18(25)13-23-9-7-22(8-10-23)12-16(24)17-2-1-11-27-17/h1-6,11H,7-10,12-13H2,(H2,20,26)(H,21,25). The van der Waals surface area contributed by atoms with Gasteiger partial charge in [-0.15, -0.1) is 0 Å². The van der Waals surface area contributed by atoms with Crippen LogP contribution >= 0.6 is 0 Å². The Hall–Kier alpha value is -2.97. The molecule has 0 aliphatic carbocycles. The van der Waals surface area contributed by atoms with E-state index in [0.29, 0.717) is 49.7 Å². The van der Waals surface area contributed by atoms with Gasteiger partial charge < -0.3 is 15.5 Å². The van der Waals surface area contributed by atoms with Crippen molar-refractivity contribution in [3.63, 3.8) is 0 Å². The Labute approximate surface area is 156 Å². The van der Waals surface area contributed by atoms with Gasteiger partial charge in [0, 0.05) is 37.4 Å². The lowest BCUT2D eigenvalue weighted by Crippen LogP contribution is -2.49. The molecule has 0 unspecified atom stereocenters. The SMILES string of the molecule is NC(=O)c1ccc(NC(=O)CN2CCN(CC(=O)c3ccco3)CC2)cc1. The lowest BCUT2D eigenvalue weighted by molar-refractivity contribution is -0.117. The summed E-state index contributed by atoms with van der Waals surface area (Å²) in [4.78, 5) is 39.4. The van der Waals surface area contributed by atoms with E-state index in [1.54, 1.807) is 36.4 Å². The van der Waals surface area contributed by atoms with Crippen LogP contribution in [-0.2, 0) is 4.79 Å². The number of hydrogen-bond acceptors (Lipinski definition) is 6. The number of nitrogens with two attached hydrogens (primary N) is 1. The van der Waals surface area contributed by atoms with Gasteiger partial charge in [-0.05, 0) is 36.4 Å². The van der Waals surface area contributed by atoms with Gasteiger partial charge in [0.1, 0.15) is 0 Å². The van der Waals surface area contributed by atoms with E-state index in [0.717, 1.165) is 0 Å². The third-order valence-corrected chi connectivity index (χ3v) is 4.45. The molecule has 0 spiro atoms. The van der Waals surface area contributed by atoms with Gasteiger partial charge in [-0.1, -0.05) is 0 Å². The Bertz CT molecular complexity index is 794. The van der Waals surface area contributed by atoms with Gasteiger partial charge in [-0.25, -0.2) is 0 Å². The molecule has 1 aromatic carbocycles. The van der Waals surface area contributed by atoms with Crippen molar-refractivity contribution in [3.8, 4) is 0 Å². The molecule has 2 heterocycles. The Morgan fingerprint density at radius 2 is 1.59 bits per heavy atom. The zero-order valence-corrected chi connectivity index (χ0v) is 14.9. The van der Waals surface area contributed by atoms with Crippen LogP contribution in [0.3, 0.4) is 0 Å². The molecule has 0 bridgehead atoms. The van der Waals surface area contributed by atoms with Crippen molar-refractivity contribution in [1.82, 2.24) is 9.80 Å². The normalized spacial score (nSPS) is 15.4. The molecule has 2 aromatic rings. The summed E-state index contributed by atoms with van der Waals surface area (Å²) in [7, 11) is 0. The van der Waals surface area contributed by atoms with Gasteiger partial charge in [-0.2, -0.15) is 0 Å². The molecule has 1 aliphatic heterocycles. The zero-order chi connectivity index (χ0) is 19.2. The van der Waals surface area contributed by atoms with E-state index in [4.69, 9.17) is 10.2 Å². The molecule has 1 aromatic heterocycles. The third kappa shape index (κ3) is 5.25. The quantitative estimate of drug-likeness (QED) is 0.699. The Kier molecular flexibility index (Phi) is 6.00. The minimum Gasteiger partial charge on any atom is -0.461 e. The molecule has 0 saturated carbocycles. The van der Waals surface area contributed by atoms with Gasteiger partial charge in [0.2, 0.25) is 17.6 Å². The summed E-state index contributed by atoms with van der Waals surface area (Å²) in [6.07, 6.45) is 1.49. The second-order valence-electron chi connectivity index (χ2n) is 6.44. The molecular formula is C19H22N4O4. The van der Waals surface area contributed by atoms with Crippen molar-refractivity contribution in [3.05, 3.63) is 54.0 Å². The fourth-order valence-corrected chi connectivity index (χ4v) is 2.95. The Morgan fingerprint density at radius 1 is 0.963 bits per heavy atom. The fourth-order valence-electron chi connectivity index (χ4n) is 2.95. The highest BCUT2D eigenvalue weighted by Crippen LogP contribution is 2.10. The number of ketones is 1. The van der Waals surface area contributed by atoms with Gasteiger partial charge in [0.15, 0.2) is 5.76 Å². The van der Waals surface area contributed by atoms with Crippen molar-refractivity contribution in [2.75, 3.05) is 44.6 Å². The number of Topliss-reactive ketones (excluding diaryl/α,β-unsaturated/α-hetero) is 1. The van der Waals surface area contributed by atoms with Gasteiger partial charge in [0.25, 0.3) is 0 Å². The molecule has 8 nitrogen and oxygen atoms in total. The van der Waals surface area contributed by atoms with Crippen molar-refractivity contribution in [2.45, 2.75) is 0 Å². The number of carbonyl (C=O) groups excluding carboxylic acids is 3. The molecular weight excluding hydrogens is 348 g/mol. The molecule has 3 rings (SSSR count). The maximum atomic E-state index is 12.2. The summed E-state index contributed by atoms with van der Waals surface area (Å²) in [5.41, 5.74) is 6.21. The minimum absolute atomic E-state index is 0.0365. The van der Waals surface area contributed by atoms with E-state index in [1.165, 1.54) is 6.26 Å². The highest BCUT2D eigenvalue weighted by molar-refractivity contribution is 5.95. The number of carbonyl (C=O) groups is 3. The maximum absolute atomic E-state index is 12.2. The fraction of sp³-hybridized carbons (Fsp3) is 0.316. The first kappa shape index (κ1) is 18.8. The predicted octanol–water partition coefficient (Wildman–Crippen LogP) is 0.818. The maximum Gasteiger partial charge on any atom is 0.248 e. The van der Waals surface area contributed by atoms with Crippen LogP contribution in [0.4, 0.5) is 5.69 Å². The number of primary amides is 1. The first-order chi connectivity index (χ1) is 13.0. The second kappa shape index (κ2) is 8.61. The van der Waals surface area contributed by atoms with E-state index < -0.39 is 5.91 Å². The third-order valence-electron chi connectivity index (χ3n) is 4.45. The molecule has 0 atom stereocenters. The predicted molar refractivity (Wildman–Crippen MR) is 99.5 cm³/mol. The number of amides is 2. The molecule has 1 fully saturated rings.